The highest BCUT2D eigenvalue weighted by Gasteiger charge is 2.16. The lowest BCUT2D eigenvalue weighted by Gasteiger charge is -2.16. The van der Waals surface area contributed by atoms with E-state index in [4.69, 9.17) is 16.0 Å². The normalized spacial score (nSPS) is 11.1. The zero-order chi connectivity index (χ0) is 19.4. The Bertz CT molecular complexity index is 1000. The van der Waals surface area contributed by atoms with Crippen LogP contribution in [0.5, 0.6) is 0 Å². The molecule has 2 heterocycles. The van der Waals surface area contributed by atoms with Gasteiger partial charge in [0.1, 0.15) is 5.76 Å². The van der Waals surface area contributed by atoms with Crippen molar-refractivity contribution < 1.29 is 9.21 Å². The van der Waals surface area contributed by atoms with Crippen molar-refractivity contribution in [1.82, 2.24) is 14.5 Å². The fraction of sp³-hybridized carbons (Fsp3) is 0.316. The molecule has 2 aromatic heterocycles. The summed E-state index contributed by atoms with van der Waals surface area (Å²) >= 11 is 7.29. The van der Waals surface area contributed by atoms with Gasteiger partial charge in [0.15, 0.2) is 5.16 Å². The number of carbonyl (C=O) groups excluding carboxylic acids is 1. The third-order valence-corrected chi connectivity index (χ3v) is 5.25. The topological polar surface area (TPSA) is 68.3 Å². The largest absolute Gasteiger partial charge is 0.467 e. The lowest BCUT2D eigenvalue weighted by Crippen LogP contribution is -2.28. The minimum absolute atomic E-state index is 0.0695. The molecule has 0 aliphatic carbocycles. The average molecular weight is 406 g/mol. The predicted octanol–water partition coefficient (Wildman–Crippen LogP) is 3.80. The minimum Gasteiger partial charge on any atom is -0.467 e. The molecule has 6 nitrogen and oxygen atoms in total. The van der Waals surface area contributed by atoms with Gasteiger partial charge in [-0.1, -0.05) is 30.3 Å². The van der Waals surface area contributed by atoms with E-state index >= 15 is 0 Å². The van der Waals surface area contributed by atoms with Gasteiger partial charge in [0, 0.05) is 18.6 Å². The Morgan fingerprint density at radius 1 is 1.37 bits per heavy atom. The van der Waals surface area contributed by atoms with Crippen LogP contribution in [0.15, 0.2) is 51.0 Å². The van der Waals surface area contributed by atoms with Crippen molar-refractivity contribution in [2.75, 3.05) is 12.8 Å². The number of amides is 1. The van der Waals surface area contributed by atoms with Gasteiger partial charge in [-0.15, -0.1) is 0 Å². The summed E-state index contributed by atoms with van der Waals surface area (Å²) in [6, 6.07) is 8.66. The zero-order valence-corrected chi connectivity index (χ0v) is 16.7. The lowest BCUT2D eigenvalue weighted by molar-refractivity contribution is -0.127. The molecule has 0 N–H and O–H groups in total. The Morgan fingerprint density at radius 2 is 2.19 bits per heavy atom. The molecule has 142 valence electrons. The molecule has 0 aliphatic rings. The van der Waals surface area contributed by atoms with E-state index < -0.39 is 0 Å². The van der Waals surface area contributed by atoms with E-state index in [0.717, 1.165) is 12.2 Å². The van der Waals surface area contributed by atoms with E-state index in [1.807, 2.05) is 13.0 Å². The predicted molar refractivity (Wildman–Crippen MR) is 107 cm³/mol. The Hall–Kier alpha value is -2.25. The Morgan fingerprint density at radius 3 is 2.89 bits per heavy atom. The molecule has 0 bridgehead atoms. The van der Waals surface area contributed by atoms with E-state index in [0.29, 0.717) is 34.2 Å². The van der Waals surface area contributed by atoms with Crippen LogP contribution in [0, 0.1) is 0 Å². The van der Waals surface area contributed by atoms with Gasteiger partial charge >= 0.3 is 0 Å². The Balaban J connectivity index is 1.81. The summed E-state index contributed by atoms with van der Waals surface area (Å²) in [5, 5.41) is 1.57. The van der Waals surface area contributed by atoms with Crippen molar-refractivity contribution in [2.24, 2.45) is 0 Å². The van der Waals surface area contributed by atoms with Gasteiger partial charge < -0.3 is 9.32 Å². The van der Waals surface area contributed by atoms with E-state index in [-0.39, 0.29) is 17.2 Å². The highest BCUT2D eigenvalue weighted by molar-refractivity contribution is 7.99. The fourth-order valence-corrected chi connectivity index (χ4v) is 3.80. The quantitative estimate of drug-likeness (QED) is 0.441. The monoisotopic (exact) mass is 405 g/mol. The first-order valence-corrected chi connectivity index (χ1v) is 9.95. The van der Waals surface area contributed by atoms with Crippen molar-refractivity contribution in [3.63, 3.8) is 0 Å². The van der Waals surface area contributed by atoms with Crippen LogP contribution in [0.2, 0.25) is 5.02 Å². The molecular formula is C19H20ClN3O3S. The number of rotatable bonds is 7. The summed E-state index contributed by atoms with van der Waals surface area (Å²) < 4.78 is 6.90. The van der Waals surface area contributed by atoms with E-state index in [9.17, 15) is 9.59 Å². The maximum atomic E-state index is 12.8. The molecular weight excluding hydrogens is 386 g/mol. The van der Waals surface area contributed by atoms with Crippen molar-refractivity contribution in [2.45, 2.75) is 31.6 Å². The molecule has 3 aromatic rings. The van der Waals surface area contributed by atoms with Crippen molar-refractivity contribution in [3.05, 3.63) is 57.7 Å². The maximum Gasteiger partial charge on any atom is 0.262 e. The second-order valence-electron chi connectivity index (χ2n) is 6.13. The van der Waals surface area contributed by atoms with Gasteiger partial charge in [0.05, 0.1) is 29.5 Å². The first kappa shape index (κ1) is 19.5. The number of fused-ring (bicyclic) bond motifs is 1. The van der Waals surface area contributed by atoms with Gasteiger partial charge in [-0.05, 0) is 36.8 Å². The number of carbonyl (C=O) groups is 1. The zero-order valence-electron chi connectivity index (χ0n) is 15.1. The number of halogens is 1. The molecule has 0 atom stereocenters. The molecule has 0 fully saturated rings. The van der Waals surface area contributed by atoms with E-state index in [2.05, 4.69) is 4.98 Å². The highest BCUT2D eigenvalue weighted by atomic mass is 35.5. The van der Waals surface area contributed by atoms with Crippen LogP contribution in [0.4, 0.5) is 0 Å². The van der Waals surface area contributed by atoms with Crippen molar-refractivity contribution in [1.29, 1.82) is 0 Å². The van der Waals surface area contributed by atoms with Crippen LogP contribution in [-0.2, 0) is 17.9 Å². The molecule has 1 amide bonds. The van der Waals surface area contributed by atoms with Crippen LogP contribution >= 0.6 is 23.4 Å². The SMILES string of the molecule is CCCn1c(SCC(=O)N(C)Cc2ccco2)nc2cc(Cl)ccc2c1=O. The lowest BCUT2D eigenvalue weighted by atomic mass is 10.2. The molecule has 0 radical (unpaired) electrons. The number of hydrogen-bond acceptors (Lipinski definition) is 5. The minimum atomic E-state index is -0.114. The van der Waals surface area contributed by atoms with Crippen LogP contribution in [0.1, 0.15) is 19.1 Å². The molecule has 1 aromatic carbocycles. The number of benzene rings is 1. The number of furan rings is 1. The second-order valence-corrected chi connectivity index (χ2v) is 7.51. The summed E-state index contributed by atoms with van der Waals surface area (Å²) in [6.45, 7) is 2.94. The number of hydrogen-bond donors (Lipinski definition) is 0. The Kier molecular flexibility index (Phi) is 6.23. The molecule has 3 rings (SSSR count). The Labute approximate surface area is 166 Å². The van der Waals surface area contributed by atoms with Gasteiger partial charge in [-0.2, -0.15) is 0 Å². The molecule has 8 heteroatoms. The third kappa shape index (κ3) is 4.54. The number of thioether (sulfide) groups is 1. The van der Waals surface area contributed by atoms with Gasteiger partial charge in [0.2, 0.25) is 5.91 Å². The van der Waals surface area contributed by atoms with Crippen molar-refractivity contribution >= 4 is 40.2 Å². The summed E-state index contributed by atoms with van der Waals surface area (Å²) in [4.78, 5) is 31.4. The average Bonchev–Trinajstić information content (AvgIpc) is 3.15. The number of aromatic nitrogens is 2. The molecule has 0 saturated heterocycles. The molecule has 0 unspecified atom stereocenters. The fourth-order valence-electron chi connectivity index (χ4n) is 2.67. The molecule has 0 saturated carbocycles. The van der Waals surface area contributed by atoms with Gasteiger partial charge in [-0.3, -0.25) is 14.2 Å². The first-order chi connectivity index (χ1) is 13.0. The summed E-state index contributed by atoms with van der Waals surface area (Å²) in [5.41, 5.74) is 0.427. The third-order valence-electron chi connectivity index (χ3n) is 4.05. The summed E-state index contributed by atoms with van der Waals surface area (Å²) in [7, 11) is 1.72. The second kappa shape index (κ2) is 8.63. The standard InChI is InChI=1S/C19H20ClN3O3S/c1-3-8-23-18(25)15-7-6-13(20)10-16(15)21-19(23)27-12-17(24)22(2)11-14-5-4-9-26-14/h4-7,9-10H,3,8,11-12H2,1-2H3. The van der Waals surface area contributed by atoms with E-state index in [1.165, 1.54) is 11.8 Å². The first-order valence-electron chi connectivity index (χ1n) is 8.59. The van der Waals surface area contributed by atoms with Crippen LogP contribution < -0.4 is 5.56 Å². The van der Waals surface area contributed by atoms with Gasteiger partial charge in [-0.25, -0.2) is 4.98 Å². The van der Waals surface area contributed by atoms with Crippen LogP contribution in [0.25, 0.3) is 10.9 Å². The summed E-state index contributed by atoms with van der Waals surface area (Å²) in [6.07, 6.45) is 2.37. The highest BCUT2D eigenvalue weighted by Crippen LogP contribution is 2.21. The van der Waals surface area contributed by atoms with E-state index in [1.54, 1.807) is 47.0 Å². The number of nitrogens with zero attached hydrogens (tertiary/aromatic N) is 3. The molecule has 27 heavy (non-hydrogen) atoms. The molecule has 0 aliphatic heterocycles. The van der Waals surface area contributed by atoms with Crippen LogP contribution in [0.3, 0.4) is 0 Å². The maximum absolute atomic E-state index is 12.8. The van der Waals surface area contributed by atoms with Crippen LogP contribution in [-0.4, -0.2) is 33.2 Å². The summed E-state index contributed by atoms with van der Waals surface area (Å²) in [5.74, 6) is 0.830. The van der Waals surface area contributed by atoms with Crippen molar-refractivity contribution in [3.8, 4) is 0 Å². The smallest absolute Gasteiger partial charge is 0.262 e. The van der Waals surface area contributed by atoms with Gasteiger partial charge in [0.25, 0.3) is 5.56 Å². The molecule has 0 spiro atoms.